The van der Waals surface area contributed by atoms with Crippen molar-refractivity contribution in [2.75, 3.05) is 6.61 Å². The van der Waals surface area contributed by atoms with E-state index in [0.29, 0.717) is 13.0 Å². The Labute approximate surface area is 152 Å². The van der Waals surface area contributed by atoms with Crippen LogP contribution in [0.25, 0.3) is 0 Å². The van der Waals surface area contributed by atoms with E-state index in [2.05, 4.69) is 10.3 Å². The Morgan fingerprint density at radius 2 is 1.87 bits per heavy atom. The van der Waals surface area contributed by atoms with E-state index >= 15 is 0 Å². The fourth-order valence-electron chi connectivity index (χ4n) is 2.36. The number of hydrogen-bond acceptors (Lipinski definition) is 3. The van der Waals surface area contributed by atoms with Crippen molar-refractivity contribution in [3.63, 3.8) is 0 Å². The number of amides is 1. The highest BCUT2D eigenvalue weighted by molar-refractivity contribution is 6.52. The lowest BCUT2D eigenvalue weighted by molar-refractivity contribution is 0.0920. The monoisotopic (exact) mass is 390 g/mol. The molecule has 1 N–H and O–H groups in total. The zero-order chi connectivity index (χ0) is 16.6. The minimum absolute atomic E-state index is 0.00543. The zero-order valence-corrected chi connectivity index (χ0v) is 14.6. The van der Waals surface area contributed by atoms with E-state index in [1.165, 1.54) is 0 Å². The van der Waals surface area contributed by atoms with Crippen molar-refractivity contribution in [1.82, 2.24) is 10.3 Å². The molecule has 2 aromatic rings. The van der Waals surface area contributed by atoms with Crippen molar-refractivity contribution in [1.29, 1.82) is 0 Å². The van der Waals surface area contributed by atoms with Crippen molar-refractivity contribution < 1.29 is 9.53 Å². The van der Waals surface area contributed by atoms with E-state index in [1.54, 1.807) is 0 Å². The van der Waals surface area contributed by atoms with Crippen LogP contribution in [0.15, 0.2) is 24.3 Å². The normalized spacial score (nSPS) is 16.4. The Morgan fingerprint density at radius 3 is 2.65 bits per heavy atom. The zero-order valence-electron chi connectivity index (χ0n) is 11.6. The van der Waals surface area contributed by atoms with E-state index in [1.807, 2.05) is 24.3 Å². The van der Waals surface area contributed by atoms with Crippen LogP contribution in [-0.4, -0.2) is 17.5 Å². The largest absolute Gasteiger partial charge is 0.493 e. The van der Waals surface area contributed by atoms with Gasteiger partial charge in [-0.15, -0.1) is 0 Å². The van der Waals surface area contributed by atoms with Gasteiger partial charge in [0.1, 0.15) is 16.6 Å². The fourth-order valence-corrected chi connectivity index (χ4v) is 3.17. The second-order valence-corrected chi connectivity index (χ2v) is 6.39. The van der Waals surface area contributed by atoms with E-state index < -0.39 is 5.91 Å². The molecular weight excluding hydrogens is 382 g/mol. The number of pyridine rings is 1. The molecule has 23 heavy (non-hydrogen) atoms. The Kier molecular flexibility index (Phi) is 4.87. The Balaban J connectivity index is 1.89. The number of para-hydroxylation sites is 1. The van der Waals surface area contributed by atoms with Gasteiger partial charge in [-0.25, -0.2) is 4.98 Å². The number of ether oxygens (including phenoxy) is 1. The number of rotatable bonds is 2. The predicted octanol–water partition coefficient (Wildman–Crippen LogP) is 4.95. The smallest absolute Gasteiger partial charge is 0.272 e. The van der Waals surface area contributed by atoms with Crippen LogP contribution in [0.2, 0.25) is 20.2 Å². The molecule has 1 atom stereocenters. The molecule has 0 saturated heterocycles. The van der Waals surface area contributed by atoms with Gasteiger partial charge in [-0.2, -0.15) is 0 Å². The van der Waals surface area contributed by atoms with Crippen LogP contribution >= 0.6 is 46.4 Å². The van der Waals surface area contributed by atoms with Crippen LogP contribution in [0.1, 0.15) is 28.5 Å². The van der Waals surface area contributed by atoms with Crippen LogP contribution < -0.4 is 10.1 Å². The van der Waals surface area contributed by atoms with Gasteiger partial charge in [0.15, 0.2) is 0 Å². The number of benzene rings is 1. The van der Waals surface area contributed by atoms with E-state index in [4.69, 9.17) is 51.1 Å². The van der Waals surface area contributed by atoms with Crippen LogP contribution in [0.5, 0.6) is 5.75 Å². The summed E-state index contributed by atoms with van der Waals surface area (Å²) >= 11 is 23.8. The maximum absolute atomic E-state index is 12.5. The molecule has 4 nitrogen and oxygen atoms in total. The molecular formula is C15H10Cl4N2O2. The molecule has 1 aromatic carbocycles. The maximum atomic E-state index is 12.5. The molecule has 1 amide bonds. The Morgan fingerprint density at radius 1 is 1.13 bits per heavy atom. The average Bonchev–Trinajstić information content (AvgIpc) is 2.56. The van der Waals surface area contributed by atoms with Crippen molar-refractivity contribution >= 4 is 52.3 Å². The molecule has 0 radical (unpaired) electrons. The Bertz CT molecular complexity index is 782. The summed E-state index contributed by atoms with van der Waals surface area (Å²) in [6.07, 6.45) is 0.634. The minimum Gasteiger partial charge on any atom is -0.493 e. The van der Waals surface area contributed by atoms with E-state index in [-0.39, 0.29) is 32.0 Å². The van der Waals surface area contributed by atoms with Crippen molar-refractivity contribution in [2.45, 2.75) is 12.5 Å². The molecule has 8 heteroatoms. The van der Waals surface area contributed by atoms with Crippen LogP contribution in [0.4, 0.5) is 0 Å². The molecule has 0 spiro atoms. The van der Waals surface area contributed by atoms with E-state index in [0.717, 1.165) is 11.3 Å². The van der Waals surface area contributed by atoms with Gasteiger partial charge in [-0.1, -0.05) is 64.6 Å². The summed E-state index contributed by atoms with van der Waals surface area (Å²) in [5.41, 5.74) is 0.837. The molecule has 1 aliphatic rings. The first kappa shape index (κ1) is 16.7. The lowest BCUT2D eigenvalue weighted by Gasteiger charge is -2.26. The second-order valence-electron chi connectivity index (χ2n) is 4.89. The summed E-state index contributed by atoms with van der Waals surface area (Å²) in [5.74, 6) is 0.271. The summed E-state index contributed by atoms with van der Waals surface area (Å²) in [7, 11) is 0. The highest BCUT2D eigenvalue weighted by Gasteiger charge is 2.26. The first-order chi connectivity index (χ1) is 11.0. The van der Waals surface area contributed by atoms with Gasteiger partial charge in [0.05, 0.1) is 27.7 Å². The molecule has 120 valence electrons. The molecule has 1 aromatic heterocycles. The summed E-state index contributed by atoms with van der Waals surface area (Å²) < 4.78 is 5.57. The summed E-state index contributed by atoms with van der Waals surface area (Å²) in [6, 6.07) is 7.30. The molecule has 3 rings (SSSR count). The molecule has 0 bridgehead atoms. The number of halogens is 4. The number of nitrogens with one attached hydrogen (secondary N) is 1. The highest BCUT2D eigenvalue weighted by Crippen LogP contribution is 2.37. The quantitative estimate of drug-likeness (QED) is 0.737. The van der Waals surface area contributed by atoms with Gasteiger partial charge in [-0.3, -0.25) is 4.79 Å². The third kappa shape index (κ3) is 3.22. The maximum Gasteiger partial charge on any atom is 0.272 e. The summed E-state index contributed by atoms with van der Waals surface area (Å²) in [5, 5.41) is 2.81. The summed E-state index contributed by atoms with van der Waals surface area (Å²) in [6.45, 7) is 0.505. The lowest BCUT2D eigenvalue weighted by Crippen LogP contribution is -2.32. The van der Waals surface area contributed by atoms with Gasteiger partial charge in [0, 0.05) is 12.0 Å². The predicted molar refractivity (Wildman–Crippen MR) is 91.0 cm³/mol. The minimum atomic E-state index is -0.475. The topological polar surface area (TPSA) is 51.2 Å². The SMILES string of the molecule is O=C(N[C@H]1CCOc2ccccc21)c1nc(Cl)c(Cl)c(Cl)c1Cl. The first-order valence-electron chi connectivity index (χ1n) is 6.71. The van der Waals surface area contributed by atoms with Gasteiger partial charge in [0.25, 0.3) is 5.91 Å². The van der Waals surface area contributed by atoms with Crippen molar-refractivity contribution in [3.05, 3.63) is 55.7 Å². The fraction of sp³-hybridized carbons (Fsp3) is 0.200. The number of nitrogens with zero attached hydrogens (tertiary/aromatic N) is 1. The van der Waals surface area contributed by atoms with Crippen molar-refractivity contribution in [3.8, 4) is 5.75 Å². The molecule has 1 aliphatic heterocycles. The molecule has 2 heterocycles. The first-order valence-corrected chi connectivity index (χ1v) is 8.22. The van der Waals surface area contributed by atoms with Gasteiger partial charge < -0.3 is 10.1 Å². The molecule has 0 fully saturated rings. The average molecular weight is 392 g/mol. The molecule has 0 saturated carbocycles. The van der Waals surface area contributed by atoms with Crippen LogP contribution in [0, 0.1) is 0 Å². The number of fused-ring (bicyclic) bond motifs is 1. The molecule has 0 aliphatic carbocycles. The summed E-state index contributed by atoms with van der Waals surface area (Å²) in [4.78, 5) is 16.4. The van der Waals surface area contributed by atoms with Crippen LogP contribution in [0.3, 0.4) is 0 Å². The van der Waals surface area contributed by atoms with Gasteiger partial charge in [-0.05, 0) is 6.07 Å². The number of carbonyl (C=O) groups excluding carboxylic acids is 1. The highest BCUT2D eigenvalue weighted by atomic mass is 35.5. The number of aromatic nitrogens is 1. The lowest BCUT2D eigenvalue weighted by atomic mass is 10.0. The van der Waals surface area contributed by atoms with Gasteiger partial charge in [0.2, 0.25) is 0 Å². The molecule has 0 unspecified atom stereocenters. The second kappa shape index (κ2) is 6.73. The van der Waals surface area contributed by atoms with Crippen molar-refractivity contribution in [2.24, 2.45) is 0 Å². The Hall–Kier alpha value is -1.20. The van der Waals surface area contributed by atoms with Gasteiger partial charge >= 0.3 is 0 Å². The third-order valence-electron chi connectivity index (χ3n) is 3.46. The number of hydrogen-bond donors (Lipinski definition) is 1. The van der Waals surface area contributed by atoms with Crippen LogP contribution in [-0.2, 0) is 0 Å². The number of carbonyl (C=O) groups is 1. The third-order valence-corrected chi connectivity index (χ3v) is 5.14. The standard InChI is InChI=1S/C15H10Cl4N2O2/c16-10-11(17)13(21-14(19)12(10)18)15(22)20-8-5-6-23-9-4-2-1-3-7(8)9/h1-4,8H,5-6H2,(H,20,22)/t8-/m0/s1. The van der Waals surface area contributed by atoms with E-state index in [9.17, 15) is 4.79 Å².